The van der Waals surface area contributed by atoms with Crippen LogP contribution in [0.2, 0.25) is 0 Å². The summed E-state index contributed by atoms with van der Waals surface area (Å²) < 4.78 is 48.6. The minimum Gasteiger partial charge on any atom is -0.398 e. The normalized spacial score (nSPS) is 12.0. The van der Waals surface area contributed by atoms with Gasteiger partial charge in [0.2, 0.25) is 10.0 Å². The standard InChI is InChI=1S/C11H15N3O4S2/c1-2-19(15,16)6-5-14-20(17,18)11-4-3-9(8-12)7-10(11)13/h3-4,7,14H,2,5-6,13H2,1H3. The fourth-order valence-corrected chi connectivity index (χ4v) is 3.39. The lowest BCUT2D eigenvalue weighted by molar-refractivity contribution is 0.581. The second-order valence-electron chi connectivity index (χ2n) is 4.00. The smallest absolute Gasteiger partial charge is 0.242 e. The summed E-state index contributed by atoms with van der Waals surface area (Å²) in [7, 11) is -7.14. The second-order valence-corrected chi connectivity index (χ2v) is 8.21. The molecule has 0 heterocycles. The van der Waals surface area contributed by atoms with Gasteiger partial charge >= 0.3 is 0 Å². The second kappa shape index (κ2) is 6.21. The molecule has 0 fully saturated rings. The van der Waals surface area contributed by atoms with Crippen LogP contribution in [0.4, 0.5) is 5.69 Å². The van der Waals surface area contributed by atoms with Gasteiger partial charge in [0.05, 0.1) is 23.1 Å². The molecule has 0 aromatic heterocycles. The van der Waals surface area contributed by atoms with Crippen LogP contribution in [0.1, 0.15) is 12.5 Å². The van der Waals surface area contributed by atoms with Crippen molar-refractivity contribution in [3.05, 3.63) is 23.8 Å². The number of sulfonamides is 1. The predicted octanol–water partition coefficient (Wildman–Crippen LogP) is -0.147. The highest BCUT2D eigenvalue weighted by Gasteiger charge is 2.18. The van der Waals surface area contributed by atoms with Crippen molar-refractivity contribution in [2.75, 3.05) is 23.8 Å². The molecule has 0 unspecified atom stereocenters. The molecule has 0 aliphatic rings. The first-order valence-corrected chi connectivity index (χ1v) is 9.02. The van der Waals surface area contributed by atoms with Crippen molar-refractivity contribution >= 4 is 25.5 Å². The van der Waals surface area contributed by atoms with E-state index in [0.717, 1.165) is 0 Å². The number of nitrogens with zero attached hydrogens (tertiary/aromatic N) is 1. The van der Waals surface area contributed by atoms with E-state index in [2.05, 4.69) is 4.72 Å². The molecule has 7 nitrogen and oxygen atoms in total. The maximum absolute atomic E-state index is 12.0. The van der Waals surface area contributed by atoms with Crippen molar-refractivity contribution < 1.29 is 16.8 Å². The molecule has 0 aliphatic heterocycles. The van der Waals surface area contributed by atoms with E-state index in [1.54, 1.807) is 0 Å². The van der Waals surface area contributed by atoms with Crippen LogP contribution < -0.4 is 10.5 Å². The lowest BCUT2D eigenvalue weighted by atomic mass is 10.2. The van der Waals surface area contributed by atoms with E-state index in [-0.39, 0.29) is 34.2 Å². The summed E-state index contributed by atoms with van der Waals surface area (Å²) in [6.07, 6.45) is 0. The number of benzene rings is 1. The van der Waals surface area contributed by atoms with Gasteiger partial charge in [0.25, 0.3) is 0 Å². The molecule has 20 heavy (non-hydrogen) atoms. The number of nitriles is 1. The molecule has 0 aliphatic carbocycles. The summed E-state index contributed by atoms with van der Waals surface area (Å²) in [6, 6.07) is 5.63. The predicted molar refractivity (Wildman–Crippen MR) is 75.1 cm³/mol. The summed E-state index contributed by atoms with van der Waals surface area (Å²) in [5.41, 5.74) is 5.76. The van der Waals surface area contributed by atoms with Crippen molar-refractivity contribution in [1.29, 1.82) is 5.26 Å². The third-order valence-electron chi connectivity index (χ3n) is 2.57. The van der Waals surface area contributed by atoms with Gasteiger partial charge in [0.15, 0.2) is 9.84 Å². The third kappa shape index (κ3) is 4.19. The van der Waals surface area contributed by atoms with Crippen molar-refractivity contribution in [2.45, 2.75) is 11.8 Å². The summed E-state index contributed by atoms with van der Waals surface area (Å²) in [5.74, 6) is -0.327. The number of hydrogen-bond acceptors (Lipinski definition) is 6. The van der Waals surface area contributed by atoms with Crippen LogP contribution in [-0.2, 0) is 19.9 Å². The highest BCUT2D eigenvalue weighted by Crippen LogP contribution is 2.19. The molecular formula is C11H15N3O4S2. The number of rotatable bonds is 6. The van der Waals surface area contributed by atoms with Gasteiger partial charge in [0, 0.05) is 12.3 Å². The first-order chi connectivity index (χ1) is 9.22. The minimum atomic E-state index is -3.90. The van der Waals surface area contributed by atoms with Crippen LogP contribution in [0.3, 0.4) is 0 Å². The summed E-state index contributed by atoms with van der Waals surface area (Å²) in [4.78, 5) is -0.176. The van der Waals surface area contributed by atoms with Gasteiger partial charge in [-0.1, -0.05) is 6.92 Å². The number of anilines is 1. The molecule has 1 aromatic carbocycles. The van der Waals surface area contributed by atoms with E-state index in [0.29, 0.717) is 0 Å². The Bertz CT molecular complexity index is 733. The average Bonchev–Trinajstić information content (AvgIpc) is 2.37. The number of nitrogen functional groups attached to an aromatic ring is 1. The third-order valence-corrected chi connectivity index (χ3v) is 5.81. The molecule has 1 rings (SSSR count). The molecule has 1 aromatic rings. The van der Waals surface area contributed by atoms with Crippen molar-refractivity contribution in [3.8, 4) is 6.07 Å². The Hall–Kier alpha value is -1.63. The summed E-state index contributed by atoms with van der Waals surface area (Å²) >= 11 is 0. The van der Waals surface area contributed by atoms with Crippen LogP contribution in [0.25, 0.3) is 0 Å². The van der Waals surface area contributed by atoms with E-state index in [4.69, 9.17) is 11.0 Å². The zero-order valence-electron chi connectivity index (χ0n) is 10.8. The van der Waals surface area contributed by atoms with E-state index in [1.165, 1.54) is 25.1 Å². The molecule has 9 heteroatoms. The number of hydrogen-bond donors (Lipinski definition) is 2. The molecule has 0 atom stereocenters. The van der Waals surface area contributed by atoms with Crippen LogP contribution in [0.5, 0.6) is 0 Å². The van der Waals surface area contributed by atoms with Crippen molar-refractivity contribution in [2.24, 2.45) is 0 Å². The van der Waals surface area contributed by atoms with Gasteiger partial charge in [-0.05, 0) is 18.2 Å². The lowest BCUT2D eigenvalue weighted by Crippen LogP contribution is -2.30. The van der Waals surface area contributed by atoms with E-state index in [9.17, 15) is 16.8 Å². The molecule has 0 saturated carbocycles. The average molecular weight is 317 g/mol. The Morgan fingerprint density at radius 1 is 1.30 bits per heavy atom. The largest absolute Gasteiger partial charge is 0.398 e. The van der Waals surface area contributed by atoms with Gasteiger partial charge in [-0.25, -0.2) is 21.6 Å². The van der Waals surface area contributed by atoms with Gasteiger partial charge in [0.1, 0.15) is 4.90 Å². The zero-order valence-corrected chi connectivity index (χ0v) is 12.5. The molecule has 3 N–H and O–H groups in total. The molecule has 0 saturated heterocycles. The molecule has 0 amide bonds. The fraction of sp³-hybridized carbons (Fsp3) is 0.364. The van der Waals surface area contributed by atoms with E-state index >= 15 is 0 Å². The first kappa shape index (κ1) is 16.4. The maximum Gasteiger partial charge on any atom is 0.242 e. The van der Waals surface area contributed by atoms with Gasteiger partial charge in [-0.2, -0.15) is 5.26 Å². The van der Waals surface area contributed by atoms with Gasteiger partial charge in [-0.3, -0.25) is 0 Å². The van der Waals surface area contributed by atoms with Crippen molar-refractivity contribution in [1.82, 2.24) is 4.72 Å². The summed E-state index contributed by atoms with van der Waals surface area (Å²) in [6.45, 7) is 1.26. The molecule has 110 valence electrons. The Kier molecular flexibility index (Phi) is 5.10. The first-order valence-electron chi connectivity index (χ1n) is 5.71. The molecule has 0 radical (unpaired) electrons. The Balaban J connectivity index is 2.88. The Morgan fingerprint density at radius 3 is 2.45 bits per heavy atom. The van der Waals surface area contributed by atoms with Crippen LogP contribution in [0, 0.1) is 11.3 Å². The zero-order chi connectivity index (χ0) is 15.4. The monoisotopic (exact) mass is 317 g/mol. The molecule has 0 spiro atoms. The van der Waals surface area contributed by atoms with Gasteiger partial charge < -0.3 is 5.73 Å². The van der Waals surface area contributed by atoms with Crippen LogP contribution >= 0.6 is 0 Å². The summed E-state index contributed by atoms with van der Waals surface area (Å²) in [5, 5.41) is 8.68. The van der Waals surface area contributed by atoms with Crippen molar-refractivity contribution in [3.63, 3.8) is 0 Å². The highest BCUT2D eigenvalue weighted by atomic mass is 32.2. The van der Waals surface area contributed by atoms with Crippen LogP contribution in [-0.4, -0.2) is 34.9 Å². The highest BCUT2D eigenvalue weighted by molar-refractivity contribution is 7.91. The van der Waals surface area contributed by atoms with E-state index in [1.807, 2.05) is 6.07 Å². The molecule has 0 bridgehead atoms. The molecular weight excluding hydrogens is 302 g/mol. The maximum atomic E-state index is 12.0. The fourth-order valence-electron chi connectivity index (χ4n) is 1.42. The number of nitrogens with two attached hydrogens (primary N) is 1. The number of sulfone groups is 1. The Morgan fingerprint density at radius 2 is 1.95 bits per heavy atom. The lowest BCUT2D eigenvalue weighted by Gasteiger charge is -2.09. The SMILES string of the molecule is CCS(=O)(=O)CCNS(=O)(=O)c1ccc(C#N)cc1N. The topological polar surface area (TPSA) is 130 Å². The number of nitrogens with one attached hydrogen (secondary N) is 1. The van der Waals surface area contributed by atoms with Gasteiger partial charge in [-0.15, -0.1) is 0 Å². The Labute approximate surface area is 118 Å². The quantitative estimate of drug-likeness (QED) is 0.702. The minimum absolute atomic E-state index is 0.0479. The van der Waals surface area contributed by atoms with Crippen LogP contribution in [0.15, 0.2) is 23.1 Å². The van der Waals surface area contributed by atoms with E-state index < -0.39 is 19.9 Å².